The average molecular weight is 354 g/mol. The number of carboxylic acids is 1. The van der Waals surface area contributed by atoms with Gasteiger partial charge in [0.1, 0.15) is 0 Å². The van der Waals surface area contributed by atoms with Gasteiger partial charge in [-0.25, -0.2) is 14.5 Å². The van der Waals surface area contributed by atoms with E-state index in [2.05, 4.69) is 15.1 Å². The van der Waals surface area contributed by atoms with E-state index in [1.54, 1.807) is 35.1 Å². The molecule has 0 fully saturated rings. The van der Waals surface area contributed by atoms with Gasteiger partial charge in [-0.15, -0.1) is 0 Å². The first kappa shape index (κ1) is 15.5. The van der Waals surface area contributed by atoms with Crippen molar-refractivity contribution in [2.45, 2.75) is 19.9 Å². The van der Waals surface area contributed by atoms with E-state index in [1.165, 1.54) is 0 Å². The van der Waals surface area contributed by atoms with E-state index >= 15 is 0 Å². The molecule has 4 rings (SSSR count). The Morgan fingerprint density at radius 1 is 1.28 bits per heavy atom. The maximum atomic E-state index is 11.9. The number of hydrogen-bond acceptors (Lipinski definition) is 5. The van der Waals surface area contributed by atoms with Crippen LogP contribution in [-0.2, 0) is 0 Å². The highest BCUT2D eigenvalue weighted by atomic mass is 32.1. The topological polar surface area (TPSA) is 101 Å². The lowest BCUT2D eigenvalue weighted by molar-refractivity contribution is 0.0697. The third kappa shape index (κ3) is 2.42. The third-order valence-electron chi connectivity index (χ3n) is 4.02. The summed E-state index contributed by atoms with van der Waals surface area (Å²) in [6.45, 7) is 4.02. The fourth-order valence-corrected chi connectivity index (χ4v) is 3.74. The van der Waals surface area contributed by atoms with Crippen LogP contribution in [0.25, 0.3) is 32.5 Å². The van der Waals surface area contributed by atoms with Crippen molar-refractivity contribution in [1.82, 2.24) is 19.7 Å². The van der Waals surface area contributed by atoms with Gasteiger partial charge in [0.15, 0.2) is 11.3 Å². The molecule has 126 valence electrons. The maximum Gasteiger partial charge on any atom is 0.335 e. The molecule has 0 unspecified atom stereocenters. The lowest BCUT2D eigenvalue weighted by Crippen LogP contribution is -2.03. The minimum Gasteiger partial charge on any atom is -0.478 e. The van der Waals surface area contributed by atoms with E-state index in [1.807, 2.05) is 13.8 Å². The summed E-state index contributed by atoms with van der Waals surface area (Å²) in [6.07, 6.45) is 1.74. The lowest BCUT2D eigenvalue weighted by Gasteiger charge is -2.09. The number of fused-ring (bicyclic) bond motifs is 2. The highest BCUT2D eigenvalue weighted by molar-refractivity contribution is 7.17. The predicted octanol–water partition coefficient (Wildman–Crippen LogP) is 3.28. The number of pyridine rings is 1. The Morgan fingerprint density at radius 2 is 2.00 bits per heavy atom. The molecule has 0 radical (unpaired) electrons. The molecule has 0 saturated heterocycles. The molecule has 7 nitrogen and oxygen atoms in total. The monoisotopic (exact) mass is 354 g/mol. The summed E-state index contributed by atoms with van der Waals surface area (Å²) in [4.78, 5) is 30.1. The minimum atomic E-state index is -0.976. The lowest BCUT2D eigenvalue weighted by atomic mass is 10.0. The first-order valence-electron chi connectivity index (χ1n) is 7.69. The molecule has 0 aliphatic rings. The molecule has 25 heavy (non-hydrogen) atoms. The average Bonchev–Trinajstić information content (AvgIpc) is 3.14. The van der Waals surface area contributed by atoms with Crippen LogP contribution < -0.4 is 4.87 Å². The molecular weight excluding hydrogens is 340 g/mol. The number of aromatic carboxylic acids is 1. The molecule has 0 aliphatic heterocycles. The molecule has 0 amide bonds. The number of nitrogens with one attached hydrogen (secondary N) is 1. The molecular formula is C17H14N4O3S. The number of benzene rings is 1. The second kappa shape index (κ2) is 5.52. The third-order valence-corrected chi connectivity index (χ3v) is 4.91. The Labute approximate surface area is 145 Å². The van der Waals surface area contributed by atoms with Crippen molar-refractivity contribution in [2.24, 2.45) is 0 Å². The molecule has 0 aliphatic carbocycles. The standard InChI is InChI=1S/C17H14N4O3S/c1-8(2)21-15-11(7-18-21)12(13-14(19-15)20-17(24)25-13)9-3-5-10(6-4-9)16(22)23/h3-8H,1-2H3,(H,22,23)(H,19,20,24). The molecule has 0 spiro atoms. The van der Waals surface area contributed by atoms with Crippen LogP contribution in [0.2, 0.25) is 0 Å². The van der Waals surface area contributed by atoms with E-state index in [-0.39, 0.29) is 16.5 Å². The van der Waals surface area contributed by atoms with Gasteiger partial charge < -0.3 is 5.11 Å². The van der Waals surface area contributed by atoms with Gasteiger partial charge in [0.2, 0.25) is 0 Å². The summed E-state index contributed by atoms with van der Waals surface area (Å²) in [6, 6.07) is 6.72. The van der Waals surface area contributed by atoms with Gasteiger partial charge in [-0.3, -0.25) is 9.78 Å². The number of thiazole rings is 1. The molecule has 1 aromatic carbocycles. The van der Waals surface area contributed by atoms with Crippen LogP contribution in [0.3, 0.4) is 0 Å². The number of rotatable bonds is 3. The van der Waals surface area contributed by atoms with Gasteiger partial charge in [0, 0.05) is 17.0 Å². The van der Waals surface area contributed by atoms with Crippen molar-refractivity contribution >= 4 is 38.7 Å². The van der Waals surface area contributed by atoms with E-state index in [0.29, 0.717) is 11.3 Å². The molecule has 3 aromatic heterocycles. The van der Waals surface area contributed by atoms with Crippen LogP contribution in [0.15, 0.2) is 35.3 Å². The van der Waals surface area contributed by atoms with Crippen LogP contribution in [0.4, 0.5) is 0 Å². The fraction of sp³-hybridized carbons (Fsp3) is 0.176. The number of H-pyrrole nitrogens is 1. The molecule has 0 saturated carbocycles. The largest absolute Gasteiger partial charge is 0.478 e. The van der Waals surface area contributed by atoms with E-state index in [0.717, 1.165) is 32.5 Å². The fourth-order valence-electron chi connectivity index (χ4n) is 2.88. The van der Waals surface area contributed by atoms with Crippen LogP contribution in [0, 0.1) is 0 Å². The number of aromatic nitrogens is 4. The zero-order valence-electron chi connectivity index (χ0n) is 13.5. The van der Waals surface area contributed by atoms with Gasteiger partial charge >= 0.3 is 10.8 Å². The van der Waals surface area contributed by atoms with E-state index in [9.17, 15) is 9.59 Å². The Bertz CT molecular complexity index is 1170. The first-order valence-corrected chi connectivity index (χ1v) is 8.51. The molecule has 4 aromatic rings. The zero-order chi connectivity index (χ0) is 17.7. The molecule has 3 heterocycles. The summed E-state index contributed by atoms with van der Waals surface area (Å²) in [5, 5.41) is 14.3. The van der Waals surface area contributed by atoms with Crippen LogP contribution in [-0.4, -0.2) is 30.8 Å². The summed E-state index contributed by atoms with van der Waals surface area (Å²) < 4.78 is 2.55. The SMILES string of the molecule is CC(C)n1ncc2c(-c3ccc(C(=O)O)cc3)c3sc(=O)[nH]c3nc21. The Hall–Kier alpha value is -3.00. The van der Waals surface area contributed by atoms with E-state index < -0.39 is 5.97 Å². The number of hydrogen-bond donors (Lipinski definition) is 2. The summed E-state index contributed by atoms with van der Waals surface area (Å²) in [7, 11) is 0. The summed E-state index contributed by atoms with van der Waals surface area (Å²) >= 11 is 1.09. The molecule has 2 N–H and O–H groups in total. The minimum absolute atomic E-state index is 0.120. The zero-order valence-corrected chi connectivity index (χ0v) is 14.3. The first-order chi connectivity index (χ1) is 12.0. The Kier molecular flexibility index (Phi) is 3.43. The number of nitrogens with zero attached hydrogens (tertiary/aromatic N) is 3. The van der Waals surface area contributed by atoms with E-state index in [4.69, 9.17) is 5.11 Å². The number of carbonyl (C=O) groups is 1. The van der Waals surface area contributed by atoms with Crippen molar-refractivity contribution in [3.63, 3.8) is 0 Å². The van der Waals surface area contributed by atoms with Gasteiger partial charge in [-0.2, -0.15) is 5.10 Å². The molecule has 0 bridgehead atoms. The van der Waals surface area contributed by atoms with Crippen LogP contribution >= 0.6 is 11.3 Å². The van der Waals surface area contributed by atoms with Crippen molar-refractivity contribution in [3.8, 4) is 11.1 Å². The molecule has 0 atom stereocenters. The van der Waals surface area contributed by atoms with Crippen molar-refractivity contribution in [1.29, 1.82) is 0 Å². The van der Waals surface area contributed by atoms with Gasteiger partial charge in [-0.05, 0) is 31.5 Å². The van der Waals surface area contributed by atoms with Gasteiger partial charge in [-0.1, -0.05) is 23.5 Å². The number of carboxylic acid groups (broad SMARTS) is 1. The highest BCUT2D eigenvalue weighted by Gasteiger charge is 2.18. The van der Waals surface area contributed by atoms with Gasteiger partial charge in [0.25, 0.3) is 0 Å². The quantitative estimate of drug-likeness (QED) is 0.588. The smallest absolute Gasteiger partial charge is 0.335 e. The van der Waals surface area contributed by atoms with Crippen molar-refractivity contribution in [3.05, 3.63) is 45.7 Å². The second-order valence-electron chi connectivity index (χ2n) is 5.98. The second-order valence-corrected chi connectivity index (χ2v) is 6.96. The van der Waals surface area contributed by atoms with Gasteiger partial charge in [0.05, 0.1) is 16.5 Å². The predicted molar refractivity (Wildman–Crippen MR) is 96.3 cm³/mol. The normalized spacial score (nSPS) is 11.6. The highest BCUT2D eigenvalue weighted by Crippen LogP contribution is 2.36. The van der Waals surface area contributed by atoms with Crippen LogP contribution in [0.1, 0.15) is 30.2 Å². The Balaban J connectivity index is 2.08. The molecule has 8 heteroatoms. The van der Waals surface area contributed by atoms with Crippen molar-refractivity contribution < 1.29 is 9.90 Å². The number of aromatic amines is 1. The Morgan fingerprint density at radius 3 is 2.64 bits per heavy atom. The summed E-state index contributed by atoms with van der Waals surface area (Å²) in [5.41, 5.74) is 3.08. The maximum absolute atomic E-state index is 11.9. The van der Waals surface area contributed by atoms with Crippen molar-refractivity contribution in [2.75, 3.05) is 0 Å². The summed E-state index contributed by atoms with van der Waals surface area (Å²) in [5.74, 6) is -0.976. The van der Waals surface area contributed by atoms with Crippen LogP contribution in [0.5, 0.6) is 0 Å².